The Labute approximate surface area is 147 Å². The summed E-state index contributed by atoms with van der Waals surface area (Å²) in [6, 6.07) is 10.6. The molecule has 0 aliphatic heterocycles. The fourth-order valence-corrected chi connectivity index (χ4v) is 2.28. The first-order valence-corrected chi connectivity index (χ1v) is 7.49. The van der Waals surface area contributed by atoms with Crippen molar-refractivity contribution < 1.29 is 22.8 Å². The van der Waals surface area contributed by atoms with E-state index < -0.39 is 17.6 Å². The van der Waals surface area contributed by atoms with Crippen molar-refractivity contribution in [3.63, 3.8) is 0 Å². The van der Waals surface area contributed by atoms with Gasteiger partial charge in [-0.2, -0.15) is 18.0 Å². The van der Waals surface area contributed by atoms with Crippen LogP contribution in [0.4, 0.5) is 13.2 Å². The van der Waals surface area contributed by atoms with Gasteiger partial charge in [-0.15, -0.1) is 0 Å². The molecule has 4 nitrogen and oxygen atoms in total. The minimum Gasteiger partial charge on any atom is -0.361 e. The Hall–Kier alpha value is -2.63. The fourth-order valence-electron chi connectivity index (χ4n) is 2.16. The van der Waals surface area contributed by atoms with Crippen molar-refractivity contribution in [2.24, 2.45) is 0 Å². The molecule has 0 aliphatic rings. The number of likely N-dealkylation sites (N-methyl/N-ethyl adjacent to an activating group) is 1. The smallest absolute Gasteiger partial charge is 0.361 e. The lowest BCUT2D eigenvalue weighted by Crippen LogP contribution is -2.34. The summed E-state index contributed by atoms with van der Waals surface area (Å²) >= 11 is 5.80. The first-order valence-electron chi connectivity index (χ1n) is 7.12. The molecule has 130 valence electrons. The Morgan fingerprint density at radius 3 is 2.16 bits per heavy atom. The molecule has 0 N–H and O–H groups in total. The third-order valence-corrected chi connectivity index (χ3v) is 3.72. The highest BCUT2D eigenvalue weighted by Crippen LogP contribution is 2.29. The second-order valence-corrected chi connectivity index (χ2v) is 5.75. The molecule has 0 aliphatic carbocycles. The zero-order chi connectivity index (χ0) is 18.6. The van der Waals surface area contributed by atoms with Crippen LogP contribution in [0.5, 0.6) is 0 Å². The highest BCUT2D eigenvalue weighted by atomic mass is 35.5. The van der Waals surface area contributed by atoms with Crippen LogP contribution in [0.2, 0.25) is 5.02 Å². The number of rotatable bonds is 4. The van der Waals surface area contributed by atoms with Gasteiger partial charge in [-0.3, -0.25) is 4.79 Å². The van der Waals surface area contributed by atoms with E-state index in [-0.39, 0.29) is 17.8 Å². The Bertz CT molecular complexity index is 811. The number of hydrogen-bond acceptors (Lipinski definition) is 1. The van der Waals surface area contributed by atoms with Crippen molar-refractivity contribution in [2.75, 3.05) is 7.05 Å². The number of benzene rings is 2. The van der Waals surface area contributed by atoms with Crippen molar-refractivity contribution in [1.82, 2.24) is 4.90 Å². The normalized spacial score (nSPS) is 10.9. The van der Waals surface area contributed by atoms with Crippen LogP contribution >= 0.6 is 11.6 Å². The first kappa shape index (κ1) is 18.7. The first-order chi connectivity index (χ1) is 11.7. The van der Waals surface area contributed by atoms with Crippen LogP contribution in [0.25, 0.3) is 5.53 Å². The Kier molecular flexibility index (Phi) is 5.62. The maximum absolute atomic E-state index is 12.6. The molecule has 8 heteroatoms. The third-order valence-electron chi connectivity index (χ3n) is 3.47. The van der Waals surface area contributed by atoms with Crippen LogP contribution in [0.15, 0.2) is 48.5 Å². The summed E-state index contributed by atoms with van der Waals surface area (Å²) in [5, 5.41) is 0.556. The Morgan fingerprint density at radius 1 is 1.12 bits per heavy atom. The molecular formula is C17H13ClF3N3O. The van der Waals surface area contributed by atoms with Gasteiger partial charge >= 0.3 is 17.8 Å². The topological polar surface area (TPSA) is 56.7 Å². The molecule has 0 aromatic heterocycles. The molecule has 2 aromatic rings. The standard InChI is InChI=1S/C17H13ClF3N3O/c1-24(10-11-2-8-14(18)9-3-11)16(25)15(23-22)12-4-6-13(7-5-12)17(19,20)21/h2-9H,10H2,1H3. The summed E-state index contributed by atoms with van der Waals surface area (Å²) in [6.45, 7) is 0.218. The lowest BCUT2D eigenvalue weighted by Gasteiger charge is -2.15. The van der Waals surface area contributed by atoms with Crippen molar-refractivity contribution in [3.8, 4) is 0 Å². The number of nitrogens with zero attached hydrogens (tertiary/aromatic N) is 3. The average Bonchev–Trinajstić information content (AvgIpc) is 2.57. The molecule has 0 atom stereocenters. The zero-order valence-electron chi connectivity index (χ0n) is 13.1. The molecule has 1 amide bonds. The van der Waals surface area contributed by atoms with Crippen LogP contribution in [-0.4, -0.2) is 28.4 Å². The Morgan fingerprint density at radius 2 is 1.68 bits per heavy atom. The van der Waals surface area contributed by atoms with E-state index in [4.69, 9.17) is 17.1 Å². The van der Waals surface area contributed by atoms with E-state index in [9.17, 15) is 18.0 Å². The van der Waals surface area contributed by atoms with Crippen LogP contribution in [-0.2, 0) is 17.5 Å². The Balaban J connectivity index is 2.18. The number of halogens is 4. The number of alkyl halides is 3. The van der Waals surface area contributed by atoms with Crippen molar-refractivity contribution >= 4 is 23.2 Å². The molecule has 2 rings (SSSR count). The molecule has 0 fully saturated rings. The van der Waals surface area contributed by atoms with Crippen LogP contribution in [0.1, 0.15) is 16.7 Å². The fraction of sp³-hybridized carbons (Fsp3) is 0.176. The summed E-state index contributed by atoms with van der Waals surface area (Å²) in [6.07, 6.45) is -4.48. The van der Waals surface area contributed by atoms with Crippen molar-refractivity contribution in [1.29, 1.82) is 0 Å². The van der Waals surface area contributed by atoms with Gasteiger partial charge in [-0.25, -0.2) is 0 Å². The molecule has 2 aromatic carbocycles. The van der Waals surface area contributed by atoms with Gasteiger partial charge in [0.1, 0.15) is 0 Å². The van der Waals surface area contributed by atoms with E-state index >= 15 is 0 Å². The molecular weight excluding hydrogens is 355 g/mol. The summed E-state index contributed by atoms with van der Waals surface area (Å²) < 4.78 is 37.8. The van der Waals surface area contributed by atoms with Gasteiger partial charge in [0, 0.05) is 18.6 Å². The molecule has 0 radical (unpaired) electrons. The minimum absolute atomic E-state index is 0.0865. The number of hydrogen-bond donors (Lipinski definition) is 0. The average molecular weight is 368 g/mol. The van der Waals surface area contributed by atoms with E-state index in [2.05, 4.69) is 4.79 Å². The number of amides is 1. The predicted octanol–water partition coefficient (Wildman–Crippen LogP) is 4.04. The maximum atomic E-state index is 12.6. The SMILES string of the molecule is CN(Cc1ccc(Cl)cc1)C(=O)C(=[N+]=[N-])c1ccc(C(F)(F)F)cc1. The molecule has 0 heterocycles. The molecule has 0 spiro atoms. The van der Waals surface area contributed by atoms with Gasteiger partial charge in [0.2, 0.25) is 0 Å². The third kappa shape index (κ3) is 4.68. The van der Waals surface area contributed by atoms with Gasteiger partial charge < -0.3 is 10.4 Å². The van der Waals surface area contributed by atoms with E-state index in [1.54, 1.807) is 24.3 Å². The van der Waals surface area contributed by atoms with Gasteiger partial charge in [0.15, 0.2) is 0 Å². The molecule has 25 heavy (non-hydrogen) atoms. The monoisotopic (exact) mass is 367 g/mol. The van der Waals surface area contributed by atoms with Crippen molar-refractivity contribution in [2.45, 2.75) is 12.7 Å². The molecule has 0 bridgehead atoms. The van der Waals surface area contributed by atoms with Crippen LogP contribution < -0.4 is 0 Å². The highest BCUT2D eigenvalue weighted by molar-refractivity contribution is 6.42. The molecule has 0 saturated heterocycles. The van der Waals surface area contributed by atoms with Crippen molar-refractivity contribution in [3.05, 3.63) is 75.8 Å². The second-order valence-electron chi connectivity index (χ2n) is 5.31. The molecule has 0 saturated carbocycles. The summed E-state index contributed by atoms with van der Waals surface area (Å²) in [5.41, 5.74) is 8.82. The second kappa shape index (κ2) is 7.51. The predicted molar refractivity (Wildman–Crippen MR) is 87.1 cm³/mol. The summed E-state index contributed by atoms with van der Waals surface area (Å²) in [4.78, 5) is 16.7. The summed E-state index contributed by atoms with van der Waals surface area (Å²) in [7, 11) is 1.49. The van der Waals surface area contributed by atoms with E-state index in [0.29, 0.717) is 5.02 Å². The van der Waals surface area contributed by atoms with E-state index in [1.165, 1.54) is 11.9 Å². The summed E-state index contributed by atoms with van der Waals surface area (Å²) in [5.74, 6) is -0.628. The van der Waals surface area contributed by atoms with Gasteiger partial charge in [-0.1, -0.05) is 23.7 Å². The minimum atomic E-state index is -4.48. The van der Waals surface area contributed by atoms with E-state index in [1.807, 2.05) is 0 Å². The lowest BCUT2D eigenvalue weighted by molar-refractivity contribution is -0.137. The number of carbonyl (C=O) groups excluding carboxylic acids is 1. The highest BCUT2D eigenvalue weighted by Gasteiger charge is 2.32. The largest absolute Gasteiger partial charge is 0.416 e. The van der Waals surface area contributed by atoms with Gasteiger partial charge in [0.25, 0.3) is 0 Å². The van der Waals surface area contributed by atoms with E-state index in [0.717, 1.165) is 29.8 Å². The van der Waals surface area contributed by atoms with Crippen LogP contribution in [0.3, 0.4) is 0 Å². The zero-order valence-corrected chi connectivity index (χ0v) is 13.8. The van der Waals surface area contributed by atoms with Crippen LogP contribution in [0, 0.1) is 0 Å². The quantitative estimate of drug-likeness (QED) is 0.457. The molecule has 0 unspecified atom stereocenters. The number of carbonyl (C=O) groups is 1. The lowest BCUT2D eigenvalue weighted by atomic mass is 10.1. The van der Waals surface area contributed by atoms with Gasteiger partial charge in [0.05, 0.1) is 11.1 Å². The maximum Gasteiger partial charge on any atom is 0.416 e. The van der Waals surface area contributed by atoms with Gasteiger partial charge in [-0.05, 0) is 42.0 Å².